The lowest BCUT2D eigenvalue weighted by molar-refractivity contribution is -0.118. The number of nitrogens with one attached hydrogen (secondary N) is 1. The lowest BCUT2D eigenvalue weighted by atomic mass is 10.2. The van der Waals surface area contributed by atoms with Gasteiger partial charge >= 0.3 is 0 Å². The molecule has 0 saturated carbocycles. The van der Waals surface area contributed by atoms with Crippen LogP contribution in [0, 0.1) is 0 Å². The zero-order chi connectivity index (χ0) is 13.1. The summed E-state index contributed by atoms with van der Waals surface area (Å²) in [4.78, 5) is 14.4. The Labute approximate surface area is 116 Å². The van der Waals surface area contributed by atoms with E-state index >= 15 is 0 Å². The highest BCUT2D eigenvalue weighted by Gasteiger charge is 2.20. The van der Waals surface area contributed by atoms with Gasteiger partial charge in [0.05, 0.1) is 17.8 Å². The Morgan fingerprint density at radius 2 is 2.21 bits per heavy atom. The monoisotopic (exact) mass is 272 g/mol. The van der Waals surface area contributed by atoms with Crippen LogP contribution in [0.15, 0.2) is 41.1 Å². The molecule has 1 aromatic carbocycles. The highest BCUT2D eigenvalue weighted by Crippen LogP contribution is 2.28. The number of rotatable bonds is 2. The molecule has 3 rings (SSSR count). The van der Waals surface area contributed by atoms with Gasteiger partial charge in [-0.15, -0.1) is 0 Å². The van der Waals surface area contributed by atoms with Crippen LogP contribution in [0.25, 0.3) is 0 Å². The topological polar surface area (TPSA) is 32.3 Å². The fraction of sp³-hybridized carbons (Fsp3) is 0.267. The van der Waals surface area contributed by atoms with Crippen LogP contribution in [0.3, 0.4) is 0 Å². The lowest BCUT2D eigenvalue weighted by Crippen LogP contribution is -2.32. The van der Waals surface area contributed by atoms with E-state index in [4.69, 9.17) is 0 Å². The van der Waals surface area contributed by atoms with Crippen molar-refractivity contribution in [3.05, 3.63) is 46.7 Å². The quantitative estimate of drug-likeness (QED) is 0.911. The molecule has 0 bridgehead atoms. The molecule has 0 fully saturated rings. The first-order valence-corrected chi connectivity index (χ1v) is 7.43. The number of hydrogen-bond acceptors (Lipinski definition) is 3. The normalized spacial score (nSPS) is 14.4. The third-order valence-corrected chi connectivity index (χ3v) is 4.04. The lowest BCUT2D eigenvalue weighted by Gasteiger charge is -2.22. The van der Waals surface area contributed by atoms with Crippen LogP contribution in [0.1, 0.15) is 12.0 Å². The average Bonchev–Trinajstić information content (AvgIpc) is 2.83. The van der Waals surface area contributed by atoms with E-state index in [0.29, 0.717) is 6.42 Å². The summed E-state index contributed by atoms with van der Waals surface area (Å²) in [5, 5.41) is 7.43. The molecule has 2 aromatic rings. The number of benzene rings is 1. The molecule has 19 heavy (non-hydrogen) atoms. The van der Waals surface area contributed by atoms with Crippen molar-refractivity contribution in [3.8, 4) is 0 Å². The van der Waals surface area contributed by atoms with Crippen molar-refractivity contribution in [1.82, 2.24) is 0 Å². The molecule has 1 aliphatic heterocycles. The van der Waals surface area contributed by atoms with Crippen LogP contribution in [-0.4, -0.2) is 19.0 Å². The first kappa shape index (κ1) is 12.2. The highest BCUT2D eigenvalue weighted by molar-refractivity contribution is 7.08. The van der Waals surface area contributed by atoms with Crippen LogP contribution in [0.4, 0.5) is 11.4 Å². The van der Waals surface area contributed by atoms with Gasteiger partial charge in [-0.1, -0.05) is 12.1 Å². The van der Waals surface area contributed by atoms with Crippen LogP contribution in [0.5, 0.6) is 0 Å². The van der Waals surface area contributed by atoms with Crippen molar-refractivity contribution in [2.45, 2.75) is 12.8 Å². The van der Waals surface area contributed by atoms with E-state index in [2.05, 4.69) is 5.32 Å². The predicted molar refractivity (Wildman–Crippen MR) is 79.9 cm³/mol. The van der Waals surface area contributed by atoms with Gasteiger partial charge in [-0.3, -0.25) is 4.79 Å². The second-order valence-electron chi connectivity index (χ2n) is 4.65. The summed E-state index contributed by atoms with van der Waals surface area (Å²) in [6, 6.07) is 10.0. The third kappa shape index (κ3) is 2.63. The van der Waals surface area contributed by atoms with Gasteiger partial charge < -0.3 is 10.2 Å². The zero-order valence-corrected chi connectivity index (χ0v) is 11.5. The van der Waals surface area contributed by atoms with Crippen molar-refractivity contribution >= 4 is 28.6 Å². The molecule has 3 nitrogen and oxygen atoms in total. The Hall–Kier alpha value is -1.81. The number of thiophene rings is 1. The minimum atomic E-state index is 0.176. The molecule has 4 heteroatoms. The van der Waals surface area contributed by atoms with Gasteiger partial charge in [-0.2, -0.15) is 11.3 Å². The molecule has 1 amide bonds. The van der Waals surface area contributed by atoms with Crippen molar-refractivity contribution < 1.29 is 4.79 Å². The highest BCUT2D eigenvalue weighted by atomic mass is 32.1. The Morgan fingerprint density at radius 1 is 1.32 bits per heavy atom. The molecule has 0 unspecified atom stereocenters. The van der Waals surface area contributed by atoms with Crippen molar-refractivity contribution in [3.63, 3.8) is 0 Å². The molecule has 2 heterocycles. The first-order valence-electron chi connectivity index (χ1n) is 6.49. The fourth-order valence-electron chi connectivity index (χ4n) is 2.36. The summed E-state index contributed by atoms with van der Waals surface area (Å²) >= 11 is 1.63. The molecule has 0 atom stereocenters. The molecule has 0 spiro atoms. The number of hydrogen-bond donors (Lipinski definition) is 1. The maximum atomic E-state index is 12.5. The number of fused-ring (bicyclic) bond motifs is 1. The first-order chi connectivity index (χ1) is 9.34. The molecular weight excluding hydrogens is 256 g/mol. The number of anilines is 2. The van der Waals surface area contributed by atoms with Crippen LogP contribution in [-0.2, 0) is 11.2 Å². The number of nitrogens with zero attached hydrogens (tertiary/aromatic N) is 1. The predicted octanol–water partition coefficient (Wildman–Crippen LogP) is 3.14. The Kier molecular flexibility index (Phi) is 3.51. The summed E-state index contributed by atoms with van der Waals surface area (Å²) in [5.41, 5.74) is 3.16. The van der Waals surface area contributed by atoms with Crippen molar-refractivity contribution in [2.75, 3.05) is 23.3 Å². The number of carbonyl (C=O) groups excluding carboxylic acids is 1. The van der Waals surface area contributed by atoms with Gasteiger partial charge in [0.15, 0.2) is 0 Å². The van der Waals surface area contributed by atoms with Crippen LogP contribution >= 0.6 is 11.3 Å². The van der Waals surface area contributed by atoms with Gasteiger partial charge in [0.2, 0.25) is 5.91 Å². The third-order valence-electron chi connectivity index (χ3n) is 3.31. The number of para-hydroxylation sites is 2. The average molecular weight is 272 g/mol. The van der Waals surface area contributed by atoms with Gasteiger partial charge in [0.1, 0.15) is 0 Å². The van der Waals surface area contributed by atoms with Gasteiger partial charge in [0, 0.05) is 13.1 Å². The van der Waals surface area contributed by atoms with E-state index in [1.54, 1.807) is 11.3 Å². The number of carbonyl (C=O) groups is 1. The van der Waals surface area contributed by atoms with E-state index in [-0.39, 0.29) is 5.91 Å². The zero-order valence-electron chi connectivity index (χ0n) is 10.6. The van der Waals surface area contributed by atoms with Crippen LogP contribution in [0.2, 0.25) is 0 Å². The second kappa shape index (κ2) is 5.45. The smallest absolute Gasteiger partial charge is 0.231 e. The Bertz CT molecular complexity index is 565. The molecule has 0 saturated heterocycles. The molecule has 1 N–H and O–H groups in total. The minimum absolute atomic E-state index is 0.176. The van der Waals surface area contributed by atoms with Gasteiger partial charge in [-0.25, -0.2) is 0 Å². The van der Waals surface area contributed by atoms with E-state index in [1.165, 1.54) is 0 Å². The molecule has 1 aromatic heterocycles. The minimum Gasteiger partial charge on any atom is -0.383 e. The SMILES string of the molecule is O=C(Cc1ccsc1)N1CCCNc2ccccc21. The second-order valence-corrected chi connectivity index (χ2v) is 5.43. The molecular formula is C15H16N2OS. The van der Waals surface area contributed by atoms with E-state index in [0.717, 1.165) is 36.4 Å². The molecule has 0 aliphatic carbocycles. The van der Waals surface area contributed by atoms with Crippen molar-refractivity contribution in [2.24, 2.45) is 0 Å². The Morgan fingerprint density at radius 3 is 3.05 bits per heavy atom. The van der Waals surface area contributed by atoms with Crippen molar-refractivity contribution in [1.29, 1.82) is 0 Å². The molecule has 98 valence electrons. The molecule has 1 aliphatic rings. The van der Waals surface area contributed by atoms with E-state index < -0.39 is 0 Å². The number of amides is 1. The summed E-state index contributed by atoms with van der Waals surface area (Å²) in [6.07, 6.45) is 1.46. The van der Waals surface area contributed by atoms with Gasteiger partial charge in [-0.05, 0) is 40.9 Å². The summed E-state index contributed by atoms with van der Waals surface area (Å²) in [6.45, 7) is 1.70. The van der Waals surface area contributed by atoms with E-state index in [9.17, 15) is 4.79 Å². The van der Waals surface area contributed by atoms with Crippen LogP contribution < -0.4 is 10.2 Å². The summed E-state index contributed by atoms with van der Waals surface area (Å²) in [5.74, 6) is 0.176. The fourth-order valence-corrected chi connectivity index (χ4v) is 3.03. The maximum absolute atomic E-state index is 12.5. The summed E-state index contributed by atoms with van der Waals surface area (Å²) in [7, 11) is 0. The maximum Gasteiger partial charge on any atom is 0.231 e. The van der Waals surface area contributed by atoms with E-state index in [1.807, 2.05) is 46.0 Å². The Balaban J connectivity index is 1.85. The summed E-state index contributed by atoms with van der Waals surface area (Å²) < 4.78 is 0. The standard InChI is InChI=1S/C15H16N2OS/c18-15(10-12-6-9-19-11-12)17-8-3-7-16-13-4-1-2-5-14(13)17/h1-2,4-6,9,11,16H,3,7-8,10H2. The largest absolute Gasteiger partial charge is 0.383 e. The van der Waals surface area contributed by atoms with Gasteiger partial charge in [0.25, 0.3) is 0 Å². The molecule has 0 radical (unpaired) electrons.